The van der Waals surface area contributed by atoms with Crippen LogP contribution >= 0.6 is 0 Å². The van der Waals surface area contributed by atoms with Crippen molar-refractivity contribution in [1.82, 2.24) is 4.57 Å². The summed E-state index contributed by atoms with van der Waals surface area (Å²) < 4.78 is 2.56. The van der Waals surface area contributed by atoms with Gasteiger partial charge in [0.25, 0.3) is 6.71 Å². The third-order valence-electron chi connectivity index (χ3n) is 18.9. The highest BCUT2D eigenvalue weighted by Gasteiger charge is 2.44. The zero-order valence-electron chi connectivity index (χ0n) is 51.8. The third kappa shape index (κ3) is 9.36. The van der Waals surface area contributed by atoms with E-state index in [1.54, 1.807) is 0 Å². The summed E-state index contributed by atoms with van der Waals surface area (Å²) >= 11 is 0. The van der Waals surface area contributed by atoms with Gasteiger partial charge in [-0.1, -0.05) is 284 Å². The smallest absolute Gasteiger partial charge is 0.252 e. The zero-order chi connectivity index (χ0) is 60.8. The van der Waals surface area contributed by atoms with Crippen LogP contribution in [0.2, 0.25) is 0 Å². The van der Waals surface area contributed by atoms with E-state index in [-0.39, 0.29) is 17.5 Å². The number of hydrogen-bond donors (Lipinski definition) is 0. The highest BCUT2D eigenvalue weighted by Crippen LogP contribution is 2.49. The molecule has 0 saturated carbocycles. The Kier molecular flexibility index (Phi) is 13.1. The van der Waals surface area contributed by atoms with Gasteiger partial charge in [-0.05, 0) is 166 Å². The van der Waals surface area contributed by atoms with Crippen molar-refractivity contribution in [2.75, 3.05) is 9.80 Å². The minimum atomic E-state index is -0.190. The van der Waals surface area contributed by atoms with E-state index >= 15 is 0 Å². The summed E-state index contributed by atoms with van der Waals surface area (Å²) in [5.74, 6) is 0. The van der Waals surface area contributed by atoms with Gasteiger partial charge in [0.1, 0.15) is 0 Å². The molecule has 3 nitrogen and oxygen atoms in total. The minimum absolute atomic E-state index is 0.0408. The summed E-state index contributed by atoms with van der Waals surface area (Å²) in [6.45, 7) is 13.7. The minimum Gasteiger partial charge on any atom is -0.311 e. The van der Waals surface area contributed by atoms with Crippen LogP contribution in [0.1, 0.15) is 52.7 Å². The van der Waals surface area contributed by atoms with E-state index in [0.717, 1.165) is 50.8 Å². The lowest BCUT2D eigenvalue weighted by Gasteiger charge is -2.45. The molecule has 0 unspecified atom stereocenters. The van der Waals surface area contributed by atoms with E-state index in [4.69, 9.17) is 0 Å². The number of rotatable bonds is 9. The maximum Gasteiger partial charge on any atom is 0.252 e. The summed E-state index contributed by atoms with van der Waals surface area (Å²) in [7, 11) is 0. The van der Waals surface area contributed by atoms with Crippen LogP contribution in [-0.4, -0.2) is 11.3 Å². The fourth-order valence-corrected chi connectivity index (χ4v) is 14.4. The van der Waals surface area contributed by atoms with Gasteiger partial charge in [0.15, 0.2) is 0 Å². The maximum atomic E-state index is 2.59. The van der Waals surface area contributed by atoms with Gasteiger partial charge in [-0.3, -0.25) is 0 Å². The topological polar surface area (TPSA) is 11.4 Å². The third-order valence-corrected chi connectivity index (χ3v) is 18.9. The van der Waals surface area contributed by atoms with Gasteiger partial charge in [-0.15, -0.1) is 0 Å². The van der Waals surface area contributed by atoms with E-state index in [9.17, 15) is 0 Å². The van der Waals surface area contributed by atoms with E-state index in [2.05, 4.69) is 359 Å². The second-order valence-corrected chi connectivity index (χ2v) is 26.5. The van der Waals surface area contributed by atoms with Gasteiger partial charge >= 0.3 is 0 Å². The van der Waals surface area contributed by atoms with Crippen LogP contribution in [-0.2, 0) is 10.8 Å². The summed E-state index contributed by atoms with van der Waals surface area (Å²) in [5, 5.41) is 2.42. The van der Waals surface area contributed by atoms with Crippen molar-refractivity contribution < 1.29 is 0 Å². The molecule has 0 aliphatic carbocycles. The Labute approximate surface area is 529 Å². The van der Waals surface area contributed by atoms with E-state index in [0.29, 0.717) is 0 Å². The Morgan fingerprint density at radius 3 is 0.956 bits per heavy atom. The number of fused-ring (bicyclic) bond motifs is 7. The molecule has 0 fully saturated rings. The molecular weight excluding hydrogens is 1090 g/mol. The highest BCUT2D eigenvalue weighted by molar-refractivity contribution is 7.00. The van der Waals surface area contributed by atoms with Gasteiger partial charge < -0.3 is 14.4 Å². The first kappa shape index (κ1) is 54.7. The first-order valence-electron chi connectivity index (χ1n) is 31.7. The molecule has 13 aromatic carbocycles. The molecule has 4 heteroatoms. The molecule has 0 saturated heterocycles. The lowest BCUT2D eigenvalue weighted by molar-refractivity contribution is 0.590. The van der Waals surface area contributed by atoms with Crippen molar-refractivity contribution in [3.8, 4) is 72.4 Å². The van der Waals surface area contributed by atoms with Crippen LogP contribution in [0, 0.1) is 0 Å². The largest absolute Gasteiger partial charge is 0.311 e. The Morgan fingerprint density at radius 1 is 0.256 bits per heavy atom. The predicted molar refractivity (Wildman–Crippen MR) is 385 cm³/mol. The molecule has 0 radical (unpaired) electrons. The SMILES string of the molecule is CC(C)(C)c1ccc(N2c3ccc(-c4ccccc4-c4ccccc4)cc3B3c4cc(-c5ccccc5-c5ccccc5)ccc4N(c4ccc(C(C)(C)C)cc4)c4cc(-n5c6cc(-c7ccccc7)ccc6c6ccc(-c7ccccc7)cc65)cc2c43)cc1. The first-order chi connectivity index (χ1) is 43.9. The van der Waals surface area contributed by atoms with Crippen molar-refractivity contribution in [1.29, 1.82) is 0 Å². The van der Waals surface area contributed by atoms with E-state index in [1.165, 1.54) is 105 Å². The number of anilines is 6. The Balaban J connectivity index is 1.04. The van der Waals surface area contributed by atoms with Gasteiger partial charge in [0, 0.05) is 44.9 Å². The number of aromatic nitrogens is 1. The fourth-order valence-electron chi connectivity index (χ4n) is 14.4. The molecule has 430 valence electrons. The monoisotopic (exact) mass is 1150 g/mol. The normalized spacial score (nSPS) is 12.7. The lowest BCUT2D eigenvalue weighted by atomic mass is 9.33. The Bertz CT molecular complexity index is 4740. The van der Waals surface area contributed by atoms with Crippen LogP contribution < -0.4 is 26.2 Å². The van der Waals surface area contributed by atoms with Crippen molar-refractivity contribution in [2.45, 2.75) is 52.4 Å². The van der Waals surface area contributed by atoms with Crippen LogP contribution in [0.15, 0.2) is 303 Å². The molecule has 1 aromatic heterocycles. The summed E-state index contributed by atoms with van der Waals surface area (Å²) in [4.78, 5) is 5.18. The summed E-state index contributed by atoms with van der Waals surface area (Å²) in [6, 6.07) is 114. The molecular formula is C86H68BN3. The quantitative estimate of drug-likeness (QED) is 0.133. The average Bonchev–Trinajstić information content (AvgIpc) is 0.870. The highest BCUT2D eigenvalue weighted by atomic mass is 15.2. The molecule has 0 N–H and O–H groups in total. The van der Waals surface area contributed by atoms with Gasteiger partial charge in [0.2, 0.25) is 0 Å². The lowest BCUT2D eigenvalue weighted by Crippen LogP contribution is -2.61. The molecule has 90 heavy (non-hydrogen) atoms. The van der Waals surface area contributed by atoms with Crippen molar-refractivity contribution >= 4 is 79.0 Å². The molecule has 16 rings (SSSR count). The summed E-state index contributed by atoms with van der Waals surface area (Å²) in [5.41, 5.74) is 30.8. The Hall–Kier alpha value is -10.7. The second-order valence-electron chi connectivity index (χ2n) is 26.5. The van der Waals surface area contributed by atoms with Crippen LogP contribution in [0.5, 0.6) is 0 Å². The Morgan fingerprint density at radius 2 is 0.589 bits per heavy atom. The first-order valence-corrected chi connectivity index (χ1v) is 31.7. The zero-order valence-corrected chi connectivity index (χ0v) is 51.8. The molecule has 0 bridgehead atoms. The van der Waals surface area contributed by atoms with Gasteiger partial charge in [-0.2, -0.15) is 0 Å². The number of hydrogen-bond acceptors (Lipinski definition) is 2. The molecule has 3 heterocycles. The van der Waals surface area contributed by atoms with Crippen LogP contribution in [0.4, 0.5) is 34.1 Å². The average molecular weight is 1150 g/mol. The van der Waals surface area contributed by atoms with Crippen LogP contribution in [0.25, 0.3) is 94.3 Å². The van der Waals surface area contributed by atoms with Gasteiger partial charge in [-0.25, -0.2) is 0 Å². The number of benzene rings is 13. The standard InChI is InChI=1S/C86H68BN3/c1-85(2,3)65-39-43-67(44-40-65)88-78-49-37-63(72-33-21-19-31-70(72)59-27-15-9-16-28-59)51-76(78)87-77-52-64(73-34-22-20-32-71(73)60-29-17-10-18-30-60)38-50-79(77)89(68-45-41-66(42-46-68)86(4,5)6)83-56-69(55-82(88)84(83)87)90-80-53-61(57-23-11-7-12-24-57)35-47-74(80)75-48-36-62(54-81(75)90)58-25-13-8-14-26-58/h7-56H,1-6H3. The molecule has 0 atom stereocenters. The van der Waals surface area contributed by atoms with Crippen molar-refractivity contribution in [3.63, 3.8) is 0 Å². The maximum absolute atomic E-state index is 2.59. The molecule has 0 spiro atoms. The molecule has 2 aliphatic rings. The molecule has 14 aromatic rings. The molecule has 0 amide bonds. The predicted octanol–water partition coefficient (Wildman–Crippen LogP) is 21.5. The van der Waals surface area contributed by atoms with E-state index in [1.807, 2.05) is 0 Å². The summed E-state index contributed by atoms with van der Waals surface area (Å²) in [6.07, 6.45) is 0. The van der Waals surface area contributed by atoms with Crippen molar-refractivity contribution in [2.24, 2.45) is 0 Å². The number of nitrogens with zero attached hydrogens (tertiary/aromatic N) is 3. The second kappa shape index (κ2) is 21.6. The van der Waals surface area contributed by atoms with Crippen LogP contribution in [0.3, 0.4) is 0 Å². The van der Waals surface area contributed by atoms with Gasteiger partial charge in [0.05, 0.1) is 16.7 Å². The molecule has 2 aliphatic heterocycles. The van der Waals surface area contributed by atoms with Crippen molar-refractivity contribution in [3.05, 3.63) is 314 Å². The van der Waals surface area contributed by atoms with E-state index < -0.39 is 0 Å². The fraction of sp³-hybridized carbons (Fsp3) is 0.0930.